The normalized spacial score (nSPS) is 10.9. The molecule has 0 radical (unpaired) electrons. The average Bonchev–Trinajstić information content (AvgIpc) is 2.03. The number of ketones is 1. The molecule has 5 heteroatoms. The van der Waals surface area contributed by atoms with Crippen molar-refractivity contribution in [1.82, 2.24) is 10.6 Å². The summed E-state index contributed by atoms with van der Waals surface area (Å²) in [5.74, 6) is 5.23. The molecular formula is C8H14N4O. The predicted octanol–water partition coefficient (Wildman–Crippen LogP) is -1.35. The molecule has 0 saturated heterocycles. The number of hydrogen-bond donors (Lipinski definition) is 4. The Balaban J connectivity index is 3.92. The van der Waals surface area contributed by atoms with Gasteiger partial charge in [0.2, 0.25) is 0 Å². The first-order chi connectivity index (χ1) is 6.07. The lowest BCUT2D eigenvalue weighted by Crippen LogP contribution is -2.32. The van der Waals surface area contributed by atoms with Crippen molar-refractivity contribution in [2.45, 2.75) is 13.0 Å². The molecule has 0 aliphatic carbocycles. The van der Waals surface area contributed by atoms with Gasteiger partial charge in [-0.15, -0.1) is 0 Å². The van der Waals surface area contributed by atoms with Crippen molar-refractivity contribution in [3.8, 4) is 11.8 Å². The smallest absolute Gasteiger partial charge is 0.186 e. The zero-order chi connectivity index (χ0) is 10.3. The fourth-order valence-electron chi connectivity index (χ4n) is 0.670. The third-order valence-electron chi connectivity index (χ3n) is 1.31. The number of hydrogen-bond acceptors (Lipinski definition) is 3. The predicted molar refractivity (Wildman–Crippen MR) is 51.2 cm³/mol. The highest BCUT2D eigenvalue weighted by molar-refractivity contribution is 5.84. The summed E-state index contributed by atoms with van der Waals surface area (Å²) in [4.78, 5) is 10.9. The Morgan fingerprint density at radius 1 is 1.69 bits per heavy atom. The quantitative estimate of drug-likeness (QED) is 0.247. The second-order valence-electron chi connectivity index (χ2n) is 2.42. The van der Waals surface area contributed by atoms with Gasteiger partial charge >= 0.3 is 0 Å². The van der Waals surface area contributed by atoms with Crippen molar-refractivity contribution in [3.05, 3.63) is 0 Å². The van der Waals surface area contributed by atoms with Gasteiger partial charge in [-0.1, -0.05) is 11.8 Å². The molecule has 0 aliphatic heterocycles. The highest BCUT2D eigenvalue weighted by Crippen LogP contribution is 1.80. The van der Waals surface area contributed by atoms with Crippen LogP contribution >= 0.6 is 0 Å². The lowest BCUT2D eigenvalue weighted by molar-refractivity contribution is -0.117. The topological polar surface area (TPSA) is 91.0 Å². The van der Waals surface area contributed by atoms with Crippen molar-refractivity contribution in [2.75, 3.05) is 13.6 Å². The van der Waals surface area contributed by atoms with Gasteiger partial charge in [0.05, 0.1) is 6.54 Å². The standard InChI is InChI=1S/C8H14N4O/c1-6(13)7(11-2)4-3-5-12-8(9)10/h7,11H,5H2,1-2H3,(H4,9,10,12). The Morgan fingerprint density at radius 2 is 2.31 bits per heavy atom. The van der Waals surface area contributed by atoms with E-state index in [0.717, 1.165) is 0 Å². The van der Waals surface area contributed by atoms with E-state index in [2.05, 4.69) is 22.5 Å². The zero-order valence-corrected chi connectivity index (χ0v) is 7.77. The fraction of sp³-hybridized carbons (Fsp3) is 0.500. The van der Waals surface area contributed by atoms with Crippen LogP contribution in [0.3, 0.4) is 0 Å². The van der Waals surface area contributed by atoms with E-state index in [0.29, 0.717) is 0 Å². The maximum Gasteiger partial charge on any atom is 0.186 e. The molecule has 13 heavy (non-hydrogen) atoms. The van der Waals surface area contributed by atoms with Gasteiger partial charge < -0.3 is 16.4 Å². The number of nitrogens with one attached hydrogen (secondary N) is 3. The van der Waals surface area contributed by atoms with E-state index in [4.69, 9.17) is 11.1 Å². The van der Waals surface area contributed by atoms with Crippen molar-refractivity contribution >= 4 is 11.7 Å². The van der Waals surface area contributed by atoms with Gasteiger partial charge in [0.25, 0.3) is 0 Å². The molecule has 0 aliphatic rings. The number of rotatable bonds is 3. The van der Waals surface area contributed by atoms with Crippen molar-refractivity contribution in [3.63, 3.8) is 0 Å². The molecule has 0 spiro atoms. The summed E-state index contributed by atoms with van der Waals surface area (Å²) in [7, 11) is 1.67. The number of guanidine groups is 1. The largest absolute Gasteiger partial charge is 0.370 e. The van der Waals surface area contributed by atoms with Crippen LogP contribution in [0.4, 0.5) is 0 Å². The van der Waals surface area contributed by atoms with Crippen LogP contribution in [0.15, 0.2) is 0 Å². The molecule has 1 atom stereocenters. The SMILES string of the molecule is CNC(C#CCNC(=N)N)C(C)=O. The summed E-state index contributed by atoms with van der Waals surface area (Å²) in [5.41, 5.74) is 5.02. The zero-order valence-electron chi connectivity index (χ0n) is 7.77. The Labute approximate surface area is 77.6 Å². The summed E-state index contributed by atoms with van der Waals surface area (Å²) < 4.78 is 0. The van der Waals surface area contributed by atoms with E-state index < -0.39 is 6.04 Å². The first-order valence-electron chi connectivity index (χ1n) is 3.82. The van der Waals surface area contributed by atoms with Gasteiger partial charge in [-0.05, 0) is 14.0 Å². The van der Waals surface area contributed by atoms with Crippen LogP contribution < -0.4 is 16.4 Å². The number of nitrogens with two attached hydrogens (primary N) is 1. The molecule has 5 N–H and O–H groups in total. The van der Waals surface area contributed by atoms with Crippen LogP contribution in [0.1, 0.15) is 6.92 Å². The van der Waals surface area contributed by atoms with E-state index in [1.807, 2.05) is 0 Å². The van der Waals surface area contributed by atoms with Crippen LogP contribution in [-0.2, 0) is 4.79 Å². The van der Waals surface area contributed by atoms with Crippen molar-refractivity contribution in [1.29, 1.82) is 5.41 Å². The van der Waals surface area contributed by atoms with Crippen LogP contribution in [0, 0.1) is 17.3 Å². The molecule has 0 aromatic rings. The molecule has 0 amide bonds. The number of Topliss-reactive ketones (excluding diaryl/α,β-unsaturated/α-hetero) is 1. The molecule has 1 unspecified atom stereocenters. The van der Waals surface area contributed by atoms with Gasteiger partial charge in [0.1, 0.15) is 6.04 Å². The van der Waals surface area contributed by atoms with E-state index in [1.54, 1.807) is 7.05 Å². The molecule has 0 saturated carbocycles. The van der Waals surface area contributed by atoms with E-state index in [-0.39, 0.29) is 18.3 Å². The number of carbonyl (C=O) groups excluding carboxylic acids is 1. The van der Waals surface area contributed by atoms with E-state index in [1.165, 1.54) is 6.92 Å². The van der Waals surface area contributed by atoms with Gasteiger partial charge in [0.15, 0.2) is 11.7 Å². The Kier molecular flexibility index (Phi) is 5.32. The average molecular weight is 182 g/mol. The van der Waals surface area contributed by atoms with Crippen LogP contribution in [-0.4, -0.2) is 31.4 Å². The third kappa shape index (κ3) is 5.70. The van der Waals surface area contributed by atoms with Crippen LogP contribution in [0.2, 0.25) is 0 Å². The summed E-state index contributed by atoms with van der Waals surface area (Å²) in [6.07, 6.45) is 0. The maximum absolute atomic E-state index is 10.9. The summed E-state index contributed by atoms with van der Waals surface area (Å²) >= 11 is 0. The van der Waals surface area contributed by atoms with Crippen LogP contribution in [0.25, 0.3) is 0 Å². The minimum absolute atomic E-state index is 0.0298. The van der Waals surface area contributed by atoms with Crippen LogP contribution in [0.5, 0.6) is 0 Å². The fourth-order valence-corrected chi connectivity index (χ4v) is 0.670. The summed E-state index contributed by atoms with van der Waals surface area (Å²) in [6, 6.07) is -0.436. The van der Waals surface area contributed by atoms with Gasteiger partial charge in [-0.2, -0.15) is 0 Å². The Bertz CT molecular complexity index is 251. The molecule has 0 rings (SSSR count). The monoisotopic (exact) mass is 182 g/mol. The van der Waals surface area contributed by atoms with E-state index >= 15 is 0 Å². The van der Waals surface area contributed by atoms with Gasteiger partial charge in [-0.3, -0.25) is 10.2 Å². The minimum atomic E-state index is -0.436. The molecule has 0 aromatic heterocycles. The molecule has 0 fully saturated rings. The molecule has 5 nitrogen and oxygen atoms in total. The number of carbonyl (C=O) groups is 1. The highest BCUT2D eigenvalue weighted by Gasteiger charge is 2.05. The molecule has 72 valence electrons. The first-order valence-corrected chi connectivity index (χ1v) is 3.82. The third-order valence-corrected chi connectivity index (χ3v) is 1.31. The van der Waals surface area contributed by atoms with Crippen molar-refractivity contribution < 1.29 is 4.79 Å². The minimum Gasteiger partial charge on any atom is -0.370 e. The second-order valence-corrected chi connectivity index (χ2v) is 2.42. The van der Waals surface area contributed by atoms with Gasteiger partial charge in [-0.25, -0.2) is 0 Å². The summed E-state index contributed by atoms with van der Waals surface area (Å²) in [6.45, 7) is 1.75. The number of likely N-dealkylation sites (N-methyl/N-ethyl adjacent to an activating group) is 1. The highest BCUT2D eigenvalue weighted by atomic mass is 16.1. The molecule has 0 bridgehead atoms. The lowest BCUT2D eigenvalue weighted by atomic mass is 10.2. The lowest BCUT2D eigenvalue weighted by Gasteiger charge is -2.02. The molecule has 0 aromatic carbocycles. The molecule has 0 heterocycles. The second kappa shape index (κ2) is 6.03. The van der Waals surface area contributed by atoms with E-state index in [9.17, 15) is 4.79 Å². The molecular weight excluding hydrogens is 168 g/mol. The Morgan fingerprint density at radius 3 is 2.69 bits per heavy atom. The first kappa shape index (κ1) is 11.5. The Hall–Kier alpha value is -1.54. The van der Waals surface area contributed by atoms with Gasteiger partial charge in [0, 0.05) is 0 Å². The maximum atomic E-state index is 10.9. The van der Waals surface area contributed by atoms with Crippen molar-refractivity contribution in [2.24, 2.45) is 5.73 Å². The summed E-state index contributed by atoms with van der Waals surface area (Å²) in [5, 5.41) is 12.1.